The number of hydrogen-bond donors (Lipinski definition) is 3. The number of benzene rings is 2. The Labute approximate surface area is 198 Å². The van der Waals surface area contributed by atoms with Crippen LogP contribution in [0.4, 0.5) is 21.5 Å². The van der Waals surface area contributed by atoms with Crippen LogP contribution in [0.25, 0.3) is 0 Å². The fraction of sp³-hybridized carbons (Fsp3) is 0.458. The zero-order valence-electron chi connectivity index (χ0n) is 19.0. The minimum atomic E-state index is -0.416. The van der Waals surface area contributed by atoms with Crippen LogP contribution >= 0.6 is 11.6 Å². The molecular formula is C24H30ClFN6O. The summed E-state index contributed by atoms with van der Waals surface area (Å²) >= 11 is 5.93. The largest absolute Gasteiger partial charge is 0.368 e. The van der Waals surface area contributed by atoms with Gasteiger partial charge in [-0.3, -0.25) is 9.80 Å². The van der Waals surface area contributed by atoms with E-state index in [4.69, 9.17) is 11.6 Å². The lowest BCUT2D eigenvalue weighted by Crippen LogP contribution is -2.58. The van der Waals surface area contributed by atoms with E-state index in [0.717, 1.165) is 49.5 Å². The van der Waals surface area contributed by atoms with Crippen molar-refractivity contribution in [3.63, 3.8) is 0 Å². The van der Waals surface area contributed by atoms with Crippen LogP contribution in [-0.4, -0.2) is 49.1 Å². The van der Waals surface area contributed by atoms with Crippen molar-refractivity contribution < 1.29 is 9.18 Å². The first-order valence-corrected chi connectivity index (χ1v) is 11.9. The number of hydrogen-bond acceptors (Lipinski definition) is 6. The fourth-order valence-corrected chi connectivity index (χ4v) is 5.24. The van der Waals surface area contributed by atoms with Gasteiger partial charge in [0.05, 0.1) is 23.0 Å². The Kier molecular flexibility index (Phi) is 5.84. The quantitative estimate of drug-likeness (QED) is 0.631. The van der Waals surface area contributed by atoms with Gasteiger partial charge in [-0.1, -0.05) is 17.7 Å². The average molecular weight is 473 g/mol. The van der Waals surface area contributed by atoms with E-state index < -0.39 is 5.54 Å². The van der Waals surface area contributed by atoms with Gasteiger partial charge in [-0.25, -0.2) is 4.39 Å². The van der Waals surface area contributed by atoms with Gasteiger partial charge in [-0.15, -0.1) is 5.53 Å². The van der Waals surface area contributed by atoms with Gasteiger partial charge in [-0.2, -0.15) is 0 Å². The van der Waals surface area contributed by atoms with Crippen molar-refractivity contribution in [2.45, 2.75) is 38.3 Å². The summed E-state index contributed by atoms with van der Waals surface area (Å²) in [6, 6.07) is 10.8. The Hall–Kier alpha value is -2.55. The summed E-state index contributed by atoms with van der Waals surface area (Å²) < 4.78 is 14.5. The molecule has 0 bridgehead atoms. The van der Waals surface area contributed by atoms with Gasteiger partial charge in [0.15, 0.2) is 0 Å². The molecule has 3 aliphatic rings. The topological polar surface area (TPSA) is 62.9 Å². The van der Waals surface area contributed by atoms with Crippen LogP contribution in [0.1, 0.15) is 38.3 Å². The number of amides is 1. The third kappa shape index (κ3) is 4.11. The molecule has 2 unspecified atom stereocenters. The lowest BCUT2D eigenvalue weighted by Gasteiger charge is -2.39. The van der Waals surface area contributed by atoms with E-state index >= 15 is 0 Å². The van der Waals surface area contributed by atoms with Crippen molar-refractivity contribution in [3.8, 4) is 0 Å². The van der Waals surface area contributed by atoms with Gasteiger partial charge in [0.1, 0.15) is 5.82 Å². The van der Waals surface area contributed by atoms with Crippen molar-refractivity contribution in [2.24, 2.45) is 0 Å². The first-order valence-electron chi connectivity index (χ1n) is 11.5. The Morgan fingerprint density at radius 1 is 1.15 bits per heavy atom. The maximum atomic E-state index is 14.5. The minimum absolute atomic E-state index is 0.215. The molecule has 7 nitrogen and oxygen atoms in total. The van der Waals surface area contributed by atoms with E-state index in [1.165, 1.54) is 6.07 Å². The number of carbonyl (C=O) groups is 1. The predicted octanol–water partition coefficient (Wildman–Crippen LogP) is 3.68. The minimum Gasteiger partial charge on any atom is -0.368 e. The molecule has 2 fully saturated rings. The van der Waals surface area contributed by atoms with Crippen LogP contribution in [0.15, 0.2) is 36.4 Å². The molecule has 0 aliphatic carbocycles. The van der Waals surface area contributed by atoms with Gasteiger partial charge < -0.3 is 20.5 Å². The summed E-state index contributed by atoms with van der Waals surface area (Å²) in [5.74, 6) is -0.111. The Morgan fingerprint density at radius 2 is 1.94 bits per heavy atom. The molecular weight excluding hydrogens is 443 g/mol. The van der Waals surface area contributed by atoms with Gasteiger partial charge in [0.2, 0.25) is 5.91 Å². The van der Waals surface area contributed by atoms with E-state index in [-0.39, 0.29) is 17.8 Å². The summed E-state index contributed by atoms with van der Waals surface area (Å²) in [6.45, 7) is 7.86. The first kappa shape index (κ1) is 22.3. The highest BCUT2D eigenvalue weighted by molar-refractivity contribution is 6.30. The highest BCUT2D eigenvalue weighted by atomic mass is 35.5. The zero-order valence-corrected chi connectivity index (χ0v) is 19.8. The monoisotopic (exact) mass is 472 g/mol. The highest BCUT2D eigenvalue weighted by Gasteiger charge is 2.39. The first-order chi connectivity index (χ1) is 15.9. The fourth-order valence-electron chi connectivity index (χ4n) is 5.08. The standard InChI is InChI=1S/C24H30ClFN6O/c1-16(19-6-4-17(25)14-20(19)26)32-22-15-18(5-7-21(22)28-29-32)30-10-12-31(13-11-30)23(33)24(2)8-3-9-27-24/h4-7,14-16,27-29H,3,8-13H2,1-2H3. The molecule has 0 aromatic heterocycles. The Balaban J connectivity index is 1.29. The van der Waals surface area contributed by atoms with Crippen LogP contribution in [-0.2, 0) is 4.79 Å². The third-order valence-corrected chi connectivity index (χ3v) is 7.36. The second-order valence-electron chi connectivity index (χ2n) is 9.29. The van der Waals surface area contributed by atoms with Crippen LogP contribution < -0.4 is 26.2 Å². The summed E-state index contributed by atoms with van der Waals surface area (Å²) in [6.07, 6.45) is 1.95. The molecule has 2 saturated heterocycles. The molecule has 5 rings (SSSR count). The second-order valence-corrected chi connectivity index (χ2v) is 9.73. The predicted molar refractivity (Wildman–Crippen MR) is 130 cm³/mol. The van der Waals surface area contributed by atoms with Gasteiger partial charge in [0, 0.05) is 42.5 Å². The molecule has 0 radical (unpaired) electrons. The van der Waals surface area contributed by atoms with Crippen LogP contribution in [0.3, 0.4) is 0 Å². The van der Waals surface area contributed by atoms with E-state index in [9.17, 15) is 9.18 Å². The number of nitrogens with zero attached hydrogens (tertiary/aromatic N) is 3. The number of anilines is 3. The van der Waals surface area contributed by atoms with Gasteiger partial charge in [-0.05, 0) is 63.6 Å². The van der Waals surface area contributed by atoms with Crippen LogP contribution in [0.2, 0.25) is 5.02 Å². The summed E-state index contributed by atoms with van der Waals surface area (Å²) in [5.41, 5.74) is 9.45. The maximum Gasteiger partial charge on any atom is 0.242 e. The smallest absolute Gasteiger partial charge is 0.242 e. The molecule has 0 spiro atoms. The van der Waals surface area contributed by atoms with E-state index in [1.807, 2.05) is 29.8 Å². The lowest BCUT2D eigenvalue weighted by molar-refractivity contribution is -0.137. The number of hydrazine groups is 2. The van der Waals surface area contributed by atoms with Crippen LogP contribution in [0, 0.1) is 5.82 Å². The number of nitrogens with one attached hydrogen (secondary N) is 3. The Bertz CT molecular complexity index is 1050. The molecule has 3 heterocycles. The van der Waals surface area contributed by atoms with E-state index in [1.54, 1.807) is 12.1 Å². The second kappa shape index (κ2) is 8.66. The van der Waals surface area contributed by atoms with Crippen molar-refractivity contribution in [3.05, 3.63) is 52.8 Å². The summed E-state index contributed by atoms with van der Waals surface area (Å²) in [7, 11) is 0. The molecule has 2 aromatic carbocycles. The van der Waals surface area contributed by atoms with Crippen molar-refractivity contribution in [1.82, 2.24) is 15.8 Å². The molecule has 2 atom stereocenters. The summed E-state index contributed by atoms with van der Waals surface area (Å²) in [5, 5.41) is 5.69. The van der Waals surface area contributed by atoms with Crippen LogP contribution in [0.5, 0.6) is 0 Å². The van der Waals surface area contributed by atoms with Gasteiger partial charge in [0.25, 0.3) is 0 Å². The molecule has 0 saturated carbocycles. The number of halogens is 2. The molecule has 1 amide bonds. The van der Waals surface area contributed by atoms with E-state index in [0.29, 0.717) is 23.7 Å². The molecule has 33 heavy (non-hydrogen) atoms. The molecule has 2 aromatic rings. The molecule has 176 valence electrons. The zero-order chi connectivity index (χ0) is 23.2. The Morgan fingerprint density at radius 3 is 2.64 bits per heavy atom. The van der Waals surface area contributed by atoms with Crippen molar-refractivity contribution in [2.75, 3.05) is 48.1 Å². The van der Waals surface area contributed by atoms with Crippen molar-refractivity contribution >= 4 is 34.6 Å². The molecule has 9 heteroatoms. The highest BCUT2D eigenvalue weighted by Crippen LogP contribution is 2.38. The van der Waals surface area contributed by atoms with E-state index in [2.05, 4.69) is 33.3 Å². The number of rotatable bonds is 4. The maximum absolute atomic E-state index is 14.5. The average Bonchev–Trinajstić information content (AvgIpc) is 3.45. The SMILES string of the molecule is CC(c1ccc(Cl)cc1F)N1NNc2ccc(N3CCN(C(=O)C4(C)CCCN4)CC3)cc21. The number of carbonyl (C=O) groups excluding carboxylic acids is 1. The lowest BCUT2D eigenvalue weighted by atomic mass is 9.98. The number of fused-ring (bicyclic) bond motifs is 1. The normalized spacial score (nSPS) is 23.5. The molecule has 3 N–H and O–H groups in total. The molecule has 3 aliphatic heterocycles. The van der Waals surface area contributed by atoms with Crippen molar-refractivity contribution in [1.29, 1.82) is 0 Å². The summed E-state index contributed by atoms with van der Waals surface area (Å²) in [4.78, 5) is 17.3. The van der Waals surface area contributed by atoms with Gasteiger partial charge >= 0.3 is 0 Å². The number of piperazine rings is 1. The third-order valence-electron chi connectivity index (χ3n) is 7.12.